The minimum atomic E-state index is -0.0766. The van der Waals surface area contributed by atoms with Gasteiger partial charge < -0.3 is 16.0 Å². The Bertz CT molecular complexity index is 593. The van der Waals surface area contributed by atoms with Crippen molar-refractivity contribution in [3.8, 4) is 0 Å². The molecule has 0 bridgehead atoms. The number of aryl methyl sites for hydroxylation is 1. The normalized spacial score (nSPS) is 17.5. The first kappa shape index (κ1) is 22.7. The number of anilines is 1. The maximum absolute atomic E-state index is 12.1. The van der Waals surface area contributed by atoms with E-state index in [0.717, 1.165) is 25.2 Å². The van der Waals surface area contributed by atoms with Crippen molar-refractivity contribution >= 4 is 41.5 Å². The van der Waals surface area contributed by atoms with Crippen molar-refractivity contribution in [3.05, 3.63) is 29.8 Å². The Morgan fingerprint density at radius 1 is 1.31 bits per heavy atom. The van der Waals surface area contributed by atoms with Crippen molar-refractivity contribution in [2.24, 2.45) is 4.99 Å². The van der Waals surface area contributed by atoms with Gasteiger partial charge in [0.05, 0.1) is 6.54 Å². The average Bonchev–Trinajstić information content (AvgIpc) is 3.09. The number of likely N-dealkylation sites (N-methyl/N-ethyl adjacent to an activating group) is 1. The number of benzene rings is 1. The maximum Gasteiger partial charge on any atom is 0.243 e. The molecule has 6 nitrogen and oxygen atoms in total. The van der Waals surface area contributed by atoms with Crippen LogP contribution < -0.4 is 16.0 Å². The van der Waals surface area contributed by atoms with Crippen LogP contribution in [0.4, 0.5) is 5.69 Å². The first-order valence-corrected chi connectivity index (χ1v) is 9.23. The molecule has 146 valence electrons. The highest BCUT2D eigenvalue weighted by Crippen LogP contribution is 2.15. The van der Waals surface area contributed by atoms with Crippen LogP contribution in [-0.2, 0) is 11.2 Å². The third-order valence-corrected chi connectivity index (χ3v) is 4.67. The van der Waals surface area contributed by atoms with Crippen molar-refractivity contribution in [3.63, 3.8) is 0 Å². The van der Waals surface area contributed by atoms with Gasteiger partial charge in [-0.3, -0.25) is 14.7 Å². The molecule has 1 amide bonds. The highest BCUT2D eigenvalue weighted by atomic mass is 127. The second-order valence-corrected chi connectivity index (χ2v) is 6.33. The number of aliphatic imine (C=N–C) groups is 1. The van der Waals surface area contributed by atoms with E-state index in [1.54, 1.807) is 7.05 Å². The zero-order valence-electron chi connectivity index (χ0n) is 16.0. The van der Waals surface area contributed by atoms with Gasteiger partial charge in [-0.05, 0) is 50.0 Å². The molecule has 1 aliphatic heterocycles. The third-order valence-electron chi connectivity index (χ3n) is 4.67. The first-order chi connectivity index (χ1) is 12.2. The van der Waals surface area contributed by atoms with Crippen LogP contribution in [0.25, 0.3) is 0 Å². The lowest BCUT2D eigenvalue weighted by molar-refractivity contribution is -0.115. The Hall–Kier alpha value is -1.35. The average molecular weight is 473 g/mol. The molecule has 0 spiro atoms. The zero-order chi connectivity index (χ0) is 18.1. The number of amides is 1. The molecule has 1 saturated heterocycles. The van der Waals surface area contributed by atoms with Gasteiger partial charge in [-0.15, -0.1) is 24.0 Å². The second kappa shape index (κ2) is 12.1. The summed E-state index contributed by atoms with van der Waals surface area (Å²) in [6, 6.07) is 8.48. The number of nitrogens with zero attached hydrogens (tertiary/aromatic N) is 2. The molecule has 0 radical (unpaired) electrons. The number of rotatable bonds is 7. The number of nitrogens with one attached hydrogen (secondary N) is 3. The molecule has 7 heteroatoms. The van der Waals surface area contributed by atoms with Crippen LogP contribution in [0.3, 0.4) is 0 Å². The molecule has 1 heterocycles. The Morgan fingerprint density at radius 2 is 2.12 bits per heavy atom. The van der Waals surface area contributed by atoms with Gasteiger partial charge in [0.25, 0.3) is 0 Å². The lowest BCUT2D eigenvalue weighted by Gasteiger charge is -2.23. The monoisotopic (exact) mass is 473 g/mol. The maximum atomic E-state index is 12.1. The number of hydrogen-bond acceptors (Lipinski definition) is 3. The number of halogens is 1. The predicted octanol–water partition coefficient (Wildman–Crippen LogP) is 2.45. The number of guanidine groups is 1. The van der Waals surface area contributed by atoms with Crippen LogP contribution in [0.1, 0.15) is 32.3 Å². The van der Waals surface area contributed by atoms with E-state index >= 15 is 0 Å². The van der Waals surface area contributed by atoms with E-state index < -0.39 is 0 Å². The van der Waals surface area contributed by atoms with E-state index in [0.29, 0.717) is 12.0 Å². The molecular weight excluding hydrogens is 441 g/mol. The molecule has 0 aliphatic carbocycles. The lowest BCUT2D eigenvalue weighted by atomic mass is 10.1. The first-order valence-electron chi connectivity index (χ1n) is 9.23. The highest BCUT2D eigenvalue weighted by molar-refractivity contribution is 14.0. The van der Waals surface area contributed by atoms with Gasteiger partial charge >= 0.3 is 0 Å². The SMILES string of the molecule is CCc1cccc(NC(=O)CNC(=NC)NCC2CCCN2CC)c1.I. The largest absolute Gasteiger partial charge is 0.355 e. The molecule has 0 saturated carbocycles. The number of likely N-dealkylation sites (tertiary alicyclic amines) is 1. The van der Waals surface area contributed by atoms with E-state index in [1.165, 1.54) is 24.9 Å². The molecule has 1 unspecified atom stereocenters. The molecule has 0 aromatic heterocycles. The standard InChI is InChI=1S/C19H31N5O.HI/c1-4-15-8-6-9-16(12-15)23-18(25)14-22-19(20-3)21-13-17-10-7-11-24(17)5-2;/h6,8-9,12,17H,4-5,7,10-11,13-14H2,1-3H3,(H,23,25)(H2,20,21,22);1H. The quantitative estimate of drug-likeness (QED) is 0.324. The molecule has 1 aliphatic rings. The predicted molar refractivity (Wildman–Crippen MR) is 119 cm³/mol. The van der Waals surface area contributed by atoms with Crippen molar-refractivity contribution in [2.45, 2.75) is 39.2 Å². The van der Waals surface area contributed by atoms with Crippen LogP contribution in [0, 0.1) is 0 Å². The summed E-state index contributed by atoms with van der Waals surface area (Å²) in [7, 11) is 1.73. The highest BCUT2D eigenvalue weighted by Gasteiger charge is 2.22. The van der Waals surface area contributed by atoms with Crippen LogP contribution in [0.15, 0.2) is 29.3 Å². The summed E-state index contributed by atoms with van der Waals surface area (Å²) in [5.74, 6) is 0.590. The van der Waals surface area contributed by atoms with E-state index in [2.05, 4.69) is 45.8 Å². The van der Waals surface area contributed by atoms with E-state index in [-0.39, 0.29) is 36.4 Å². The Kier molecular flexibility index (Phi) is 10.6. The fourth-order valence-corrected chi connectivity index (χ4v) is 3.22. The summed E-state index contributed by atoms with van der Waals surface area (Å²) >= 11 is 0. The molecule has 3 N–H and O–H groups in total. The molecule has 1 atom stereocenters. The summed E-state index contributed by atoms with van der Waals surface area (Å²) in [5, 5.41) is 9.33. The Balaban J connectivity index is 0.00000338. The molecule has 1 aromatic rings. The number of carbonyl (C=O) groups is 1. The lowest BCUT2D eigenvalue weighted by Crippen LogP contribution is -2.46. The minimum absolute atomic E-state index is 0. The van der Waals surface area contributed by atoms with Gasteiger partial charge in [-0.25, -0.2) is 0 Å². The summed E-state index contributed by atoms with van der Waals surface area (Å²) in [6.07, 6.45) is 3.42. The van der Waals surface area contributed by atoms with Gasteiger partial charge in [0.15, 0.2) is 5.96 Å². The van der Waals surface area contributed by atoms with Crippen LogP contribution in [0.5, 0.6) is 0 Å². The number of hydrogen-bond donors (Lipinski definition) is 3. The van der Waals surface area contributed by atoms with Crippen molar-refractivity contribution in [1.82, 2.24) is 15.5 Å². The molecule has 1 aromatic carbocycles. The van der Waals surface area contributed by atoms with Crippen molar-refractivity contribution < 1.29 is 4.79 Å². The molecule has 2 rings (SSSR count). The van der Waals surface area contributed by atoms with Crippen LogP contribution >= 0.6 is 24.0 Å². The molecule has 26 heavy (non-hydrogen) atoms. The molecular formula is C19H32IN5O. The topological polar surface area (TPSA) is 68.8 Å². The van der Waals surface area contributed by atoms with Crippen LogP contribution in [0.2, 0.25) is 0 Å². The number of carbonyl (C=O) groups excluding carboxylic acids is 1. The van der Waals surface area contributed by atoms with Crippen LogP contribution in [-0.4, -0.2) is 56.0 Å². The van der Waals surface area contributed by atoms with Crippen molar-refractivity contribution in [2.75, 3.05) is 38.5 Å². The van der Waals surface area contributed by atoms with Gasteiger partial charge in [0.1, 0.15) is 0 Å². The second-order valence-electron chi connectivity index (χ2n) is 6.33. The van der Waals surface area contributed by atoms with Gasteiger partial charge in [0.2, 0.25) is 5.91 Å². The van der Waals surface area contributed by atoms with Gasteiger partial charge in [0, 0.05) is 25.3 Å². The smallest absolute Gasteiger partial charge is 0.243 e. The summed E-state index contributed by atoms with van der Waals surface area (Å²) in [4.78, 5) is 18.8. The Labute approximate surface area is 174 Å². The fraction of sp³-hybridized carbons (Fsp3) is 0.579. The Morgan fingerprint density at radius 3 is 2.81 bits per heavy atom. The van der Waals surface area contributed by atoms with Gasteiger partial charge in [-0.2, -0.15) is 0 Å². The summed E-state index contributed by atoms with van der Waals surface area (Å²) < 4.78 is 0. The van der Waals surface area contributed by atoms with Gasteiger partial charge in [-0.1, -0.05) is 26.0 Å². The summed E-state index contributed by atoms with van der Waals surface area (Å²) in [6.45, 7) is 7.60. The molecule has 1 fully saturated rings. The summed E-state index contributed by atoms with van der Waals surface area (Å²) in [5.41, 5.74) is 2.04. The van der Waals surface area contributed by atoms with Crippen molar-refractivity contribution in [1.29, 1.82) is 0 Å². The fourth-order valence-electron chi connectivity index (χ4n) is 3.22. The zero-order valence-corrected chi connectivity index (χ0v) is 18.4. The van der Waals surface area contributed by atoms with E-state index in [4.69, 9.17) is 0 Å². The third kappa shape index (κ3) is 7.11. The van der Waals surface area contributed by atoms with E-state index in [1.807, 2.05) is 18.2 Å². The van der Waals surface area contributed by atoms with E-state index in [9.17, 15) is 4.79 Å². The minimum Gasteiger partial charge on any atom is -0.355 e.